The summed E-state index contributed by atoms with van der Waals surface area (Å²) in [4.78, 5) is 9.79. The molecule has 0 bridgehead atoms. The molecule has 10 aromatic rings. The lowest BCUT2D eigenvalue weighted by Gasteiger charge is -2.10. The van der Waals surface area contributed by atoms with Crippen LogP contribution in [0, 0.1) is 11.3 Å². The maximum absolute atomic E-state index is 10.3. The quantitative estimate of drug-likeness (QED) is 0.212. The highest BCUT2D eigenvalue weighted by atomic mass is 15.1. The highest BCUT2D eigenvalue weighted by molar-refractivity contribution is 6.36. The molecule has 0 unspecified atom stereocenters. The van der Waals surface area contributed by atoms with Crippen LogP contribution in [-0.4, -0.2) is 18.9 Å². The van der Waals surface area contributed by atoms with Gasteiger partial charge in [-0.05, 0) is 53.2 Å². The molecule has 0 N–H and O–H groups in total. The third-order valence-electron chi connectivity index (χ3n) is 8.84. The van der Waals surface area contributed by atoms with Crippen molar-refractivity contribution in [1.82, 2.24) is 18.9 Å². The van der Waals surface area contributed by atoms with Crippen molar-refractivity contribution in [3.8, 4) is 11.9 Å². The fourth-order valence-electron chi connectivity index (χ4n) is 7.15. The fourth-order valence-corrected chi connectivity index (χ4v) is 7.15. The fraction of sp³-hybridized carbons (Fsp3) is 0. The van der Waals surface area contributed by atoms with E-state index in [1.54, 1.807) is 0 Å². The topological polar surface area (TPSA) is 58.9 Å². The highest BCUT2D eigenvalue weighted by Gasteiger charge is 2.25. The van der Waals surface area contributed by atoms with E-state index in [2.05, 4.69) is 100.0 Å². The number of hydrogen-bond acceptors (Lipinski definition) is 3. The van der Waals surface area contributed by atoms with Crippen LogP contribution in [0.15, 0.2) is 115 Å². The average Bonchev–Trinajstić information content (AvgIpc) is 3.67. The molecule has 42 heavy (non-hydrogen) atoms. The number of rotatable bonds is 1. The Kier molecular flexibility index (Phi) is 3.94. The van der Waals surface area contributed by atoms with Crippen LogP contribution >= 0.6 is 0 Å². The van der Waals surface area contributed by atoms with Crippen LogP contribution in [-0.2, 0) is 0 Å². The van der Waals surface area contributed by atoms with E-state index in [-0.39, 0.29) is 0 Å². The third kappa shape index (κ3) is 2.57. The molecule has 4 aromatic heterocycles. The Labute approximate surface area is 238 Å². The molecule has 0 aliphatic rings. The molecule has 4 heterocycles. The van der Waals surface area contributed by atoms with E-state index in [9.17, 15) is 5.26 Å². The second-order valence-corrected chi connectivity index (χ2v) is 11.0. The largest absolute Gasteiger partial charge is 0.308 e. The van der Waals surface area contributed by atoms with Gasteiger partial charge in [0.05, 0.1) is 38.6 Å². The molecular formula is C37H19N5. The predicted octanol–water partition coefficient (Wildman–Crippen LogP) is 8.90. The number of nitrogens with zero attached hydrogens (tertiary/aromatic N) is 5. The van der Waals surface area contributed by atoms with Crippen LogP contribution in [0.5, 0.6) is 0 Å². The second kappa shape index (κ2) is 7.60. The average molecular weight is 534 g/mol. The molecule has 5 heteroatoms. The normalized spacial score (nSPS) is 12.3. The molecule has 6 aromatic carbocycles. The van der Waals surface area contributed by atoms with Gasteiger partial charge in [0.1, 0.15) is 6.07 Å². The van der Waals surface area contributed by atoms with E-state index in [1.807, 2.05) is 30.3 Å². The van der Waals surface area contributed by atoms with Crippen LogP contribution in [0.3, 0.4) is 0 Å². The summed E-state index contributed by atoms with van der Waals surface area (Å²) in [5, 5.41) is 19.8. The zero-order chi connectivity index (χ0) is 27.5. The minimum atomic E-state index is 0.307. The molecule has 0 amide bonds. The number of nitriles is 1. The first-order chi connectivity index (χ1) is 20.8. The van der Waals surface area contributed by atoms with Crippen molar-refractivity contribution in [2.24, 2.45) is 0 Å². The van der Waals surface area contributed by atoms with Gasteiger partial charge in [-0.1, -0.05) is 72.8 Å². The van der Waals surface area contributed by atoms with Gasteiger partial charge in [-0.3, -0.25) is 4.57 Å². The van der Waals surface area contributed by atoms with E-state index in [0.29, 0.717) is 17.0 Å². The minimum Gasteiger partial charge on any atom is -0.308 e. The Morgan fingerprint density at radius 3 is 2.00 bits per heavy atom. The van der Waals surface area contributed by atoms with Gasteiger partial charge in [-0.15, -0.1) is 0 Å². The van der Waals surface area contributed by atoms with Crippen LogP contribution < -0.4 is 0 Å². The Morgan fingerprint density at radius 1 is 0.524 bits per heavy atom. The molecule has 10 rings (SSSR count). The molecule has 0 saturated heterocycles. The van der Waals surface area contributed by atoms with Crippen molar-refractivity contribution >= 4 is 81.7 Å². The first-order valence-electron chi connectivity index (χ1n) is 14.0. The number of para-hydroxylation sites is 4. The molecule has 0 saturated carbocycles. The van der Waals surface area contributed by atoms with Gasteiger partial charge >= 0.3 is 0 Å². The summed E-state index contributed by atoms with van der Waals surface area (Å²) in [6, 6.07) is 42.7. The monoisotopic (exact) mass is 533 g/mol. The van der Waals surface area contributed by atoms with Gasteiger partial charge in [0, 0.05) is 32.3 Å². The first-order valence-corrected chi connectivity index (χ1v) is 14.0. The maximum atomic E-state index is 10.3. The number of aromatic nitrogens is 4. The smallest absolute Gasteiger partial charge is 0.184 e. The van der Waals surface area contributed by atoms with Crippen molar-refractivity contribution in [2.75, 3.05) is 0 Å². The summed E-state index contributed by atoms with van der Waals surface area (Å²) in [6.07, 6.45) is 0. The van der Waals surface area contributed by atoms with E-state index in [1.165, 1.54) is 48.9 Å². The summed E-state index contributed by atoms with van der Waals surface area (Å²) < 4.78 is 4.58. The van der Waals surface area contributed by atoms with Crippen molar-refractivity contribution in [2.45, 2.75) is 0 Å². The van der Waals surface area contributed by atoms with Crippen molar-refractivity contribution < 1.29 is 0 Å². The van der Waals surface area contributed by atoms with E-state index in [4.69, 9.17) is 9.97 Å². The van der Waals surface area contributed by atoms with Crippen molar-refractivity contribution in [3.05, 3.63) is 121 Å². The Hall–Kier alpha value is -5.99. The van der Waals surface area contributed by atoms with E-state index >= 15 is 0 Å². The van der Waals surface area contributed by atoms with E-state index < -0.39 is 0 Å². The first kappa shape index (κ1) is 21.8. The SMILES string of the molecule is N#Cc1nc2ccccc2nc1-n1c2ccccc2c2c3c4cc5ccccc5cc4n4c5ccccc5c(cc21)c34. The van der Waals surface area contributed by atoms with Gasteiger partial charge in [0.25, 0.3) is 0 Å². The van der Waals surface area contributed by atoms with Gasteiger partial charge < -0.3 is 4.40 Å². The maximum Gasteiger partial charge on any atom is 0.184 e. The standard InChI is InChI=1S/C37H19N5/c38-20-29-37(40-28-14-6-5-13-27(28)39-29)42-31-16-8-4-12-24(31)34-33(42)19-25-23-11-3-7-15-30(23)41-32-18-22-10-2-1-9-21(22)17-26(32)35(34)36(25)41/h1-19H. The molecule has 192 valence electrons. The third-order valence-corrected chi connectivity index (χ3v) is 8.84. The van der Waals surface area contributed by atoms with Crippen LogP contribution in [0.1, 0.15) is 5.69 Å². The van der Waals surface area contributed by atoms with Gasteiger partial charge in [0.15, 0.2) is 11.5 Å². The Bertz CT molecular complexity index is 2810. The van der Waals surface area contributed by atoms with Crippen LogP contribution in [0.25, 0.3) is 87.5 Å². The molecular weight excluding hydrogens is 514 g/mol. The number of fused-ring (bicyclic) bond motifs is 12. The summed E-state index contributed by atoms with van der Waals surface area (Å²) >= 11 is 0. The van der Waals surface area contributed by atoms with Gasteiger partial charge in [-0.25, -0.2) is 9.97 Å². The molecule has 0 spiro atoms. The van der Waals surface area contributed by atoms with Crippen LogP contribution in [0.4, 0.5) is 0 Å². The van der Waals surface area contributed by atoms with Crippen molar-refractivity contribution in [1.29, 1.82) is 5.26 Å². The van der Waals surface area contributed by atoms with Crippen LogP contribution in [0.2, 0.25) is 0 Å². The lowest BCUT2D eigenvalue weighted by atomic mass is 10.0. The zero-order valence-electron chi connectivity index (χ0n) is 22.2. The second-order valence-electron chi connectivity index (χ2n) is 11.0. The summed E-state index contributed by atoms with van der Waals surface area (Å²) in [7, 11) is 0. The molecule has 0 fully saturated rings. The summed E-state index contributed by atoms with van der Waals surface area (Å²) in [6.45, 7) is 0. The number of hydrogen-bond donors (Lipinski definition) is 0. The van der Waals surface area contributed by atoms with E-state index in [0.717, 1.165) is 27.3 Å². The Balaban J connectivity index is 1.52. The lowest BCUT2D eigenvalue weighted by molar-refractivity contribution is 1.06. The Morgan fingerprint density at radius 2 is 1.19 bits per heavy atom. The molecule has 5 nitrogen and oxygen atoms in total. The number of benzene rings is 6. The lowest BCUT2D eigenvalue weighted by Crippen LogP contribution is -2.04. The molecule has 0 radical (unpaired) electrons. The van der Waals surface area contributed by atoms with Crippen molar-refractivity contribution in [3.63, 3.8) is 0 Å². The highest BCUT2D eigenvalue weighted by Crippen LogP contribution is 2.47. The molecule has 0 aliphatic carbocycles. The van der Waals surface area contributed by atoms with Gasteiger partial charge in [-0.2, -0.15) is 5.26 Å². The zero-order valence-corrected chi connectivity index (χ0v) is 22.2. The summed E-state index contributed by atoms with van der Waals surface area (Å²) in [5.41, 5.74) is 7.41. The molecule has 0 aliphatic heterocycles. The summed E-state index contributed by atoms with van der Waals surface area (Å²) in [5.74, 6) is 0.550. The van der Waals surface area contributed by atoms with Gasteiger partial charge in [0.2, 0.25) is 0 Å². The molecule has 0 atom stereocenters. The minimum absolute atomic E-state index is 0.307. The predicted molar refractivity (Wildman–Crippen MR) is 171 cm³/mol.